The summed E-state index contributed by atoms with van der Waals surface area (Å²) in [6, 6.07) is 21.8. The molecule has 0 saturated carbocycles. The van der Waals surface area contributed by atoms with Gasteiger partial charge in [-0.2, -0.15) is 5.10 Å². The molecule has 0 bridgehead atoms. The van der Waals surface area contributed by atoms with Gasteiger partial charge in [-0.25, -0.2) is 4.68 Å². The summed E-state index contributed by atoms with van der Waals surface area (Å²) in [5.41, 5.74) is 4.86. The van der Waals surface area contributed by atoms with E-state index in [1.165, 1.54) is 0 Å². The minimum absolute atomic E-state index is 0.266. The summed E-state index contributed by atoms with van der Waals surface area (Å²) in [6.45, 7) is 3.87. The van der Waals surface area contributed by atoms with Crippen LogP contribution in [-0.2, 0) is 0 Å². The van der Waals surface area contributed by atoms with Gasteiger partial charge in [0.15, 0.2) is 0 Å². The van der Waals surface area contributed by atoms with Crippen LogP contribution in [0.3, 0.4) is 0 Å². The lowest BCUT2D eigenvalue weighted by atomic mass is 10.1. The number of carbonyl (C=O) groups is 2. The fourth-order valence-corrected chi connectivity index (χ4v) is 3.50. The maximum atomic E-state index is 12.8. The molecule has 0 aliphatic heterocycles. The molecule has 4 aromatic rings. The Labute approximate surface area is 192 Å². The number of amides is 2. The molecule has 7 nitrogen and oxygen atoms in total. The number of hydrogen-bond donors (Lipinski definition) is 2. The van der Waals surface area contributed by atoms with Crippen LogP contribution < -0.4 is 15.4 Å². The van der Waals surface area contributed by atoms with E-state index in [0.717, 1.165) is 16.9 Å². The number of ether oxygens (including phenoxy) is 1. The number of benzene rings is 3. The van der Waals surface area contributed by atoms with E-state index in [1.807, 2.05) is 50.2 Å². The average molecular weight is 441 g/mol. The first-order chi connectivity index (χ1) is 16.0. The van der Waals surface area contributed by atoms with E-state index in [9.17, 15) is 9.59 Å². The number of methoxy groups -OCH3 is 1. The molecule has 4 rings (SSSR count). The van der Waals surface area contributed by atoms with Crippen molar-refractivity contribution >= 4 is 23.2 Å². The molecule has 0 aliphatic carbocycles. The molecule has 1 heterocycles. The fraction of sp³-hybridized carbons (Fsp3) is 0.115. The molecule has 166 valence electrons. The van der Waals surface area contributed by atoms with Gasteiger partial charge in [0, 0.05) is 11.3 Å². The smallest absolute Gasteiger partial charge is 0.259 e. The molecule has 0 fully saturated rings. The third-order valence-corrected chi connectivity index (χ3v) is 5.26. The Balaban J connectivity index is 1.45. The van der Waals surface area contributed by atoms with Gasteiger partial charge in [0.25, 0.3) is 11.8 Å². The molecule has 2 amide bonds. The number of anilines is 2. The van der Waals surface area contributed by atoms with Gasteiger partial charge in [-0.05, 0) is 67.9 Å². The predicted molar refractivity (Wildman–Crippen MR) is 128 cm³/mol. The molecular formula is C26H24N4O3. The Bertz CT molecular complexity index is 1310. The van der Waals surface area contributed by atoms with Crippen LogP contribution in [0.5, 0.6) is 5.75 Å². The summed E-state index contributed by atoms with van der Waals surface area (Å²) in [5.74, 6) is 0.0431. The number of nitrogens with zero attached hydrogens (tertiary/aromatic N) is 2. The van der Waals surface area contributed by atoms with Crippen molar-refractivity contribution in [2.75, 3.05) is 17.7 Å². The molecule has 0 aliphatic rings. The number of hydrogen-bond acceptors (Lipinski definition) is 4. The second kappa shape index (κ2) is 9.40. The van der Waals surface area contributed by atoms with E-state index in [2.05, 4.69) is 15.7 Å². The number of carbonyl (C=O) groups excluding carboxylic acids is 2. The van der Waals surface area contributed by atoms with E-state index in [4.69, 9.17) is 4.74 Å². The van der Waals surface area contributed by atoms with Crippen LogP contribution >= 0.6 is 0 Å². The van der Waals surface area contributed by atoms with Gasteiger partial charge in [-0.15, -0.1) is 0 Å². The van der Waals surface area contributed by atoms with Crippen molar-refractivity contribution in [2.45, 2.75) is 13.8 Å². The maximum absolute atomic E-state index is 12.8. The monoisotopic (exact) mass is 440 g/mol. The quantitative estimate of drug-likeness (QED) is 0.442. The molecule has 0 saturated heterocycles. The first-order valence-corrected chi connectivity index (χ1v) is 10.4. The highest BCUT2D eigenvalue weighted by Crippen LogP contribution is 2.24. The minimum atomic E-state index is -0.271. The number of aryl methyl sites for hydroxylation is 1. The standard InChI is InChI=1S/C26H24N4O3/c1-17-7-6-8-21(15-17)30-18(2)22(16-27-30)26(32)28-20-13-11-19(12-14-20)25(31)29-23-9-4-5-10-24(23)33-3/h4-16H,1-3H3,(H,28,32)(H,29,31). The zero-order chi connectivity index (χ0) is 23.4. The molecule has 0 unspecified atom stereocenters. The topological polar surface area (TPSA) is 85.2 Å². The van der Waals surface area contributed by atoms with Crippen LogP contribution in [-0.4, -0.2) is 28.7 Å². The van der Waals surface area contributed by atoms with Gasteiger partial charge in [0.1, 0.15) is 5.75 Å². The third kappa shape index (κ3) is 4.77. The number of para-hydroxylation sites is 2. The lowest BCUT2D eigenvalue weighted by molar-refractivity contribution is 0.101. The normalized spacial score (nSPS) is 10.5. The van der Waals surface area contributed by atoms with Crippen molar-refractivity contribution in [2.24, 2.45) is 0 Å². The third-order valence-electron chi connectivity index (χ3n) is 5.26. The van der Waals surface area contributed by atoms with Crippen molar-refractivity contribution in [3.8, 4) is 11.4 Å². The van der Waals surface area contributed by atoms with E-state index >= 15 is 0 Å². The van der Waals surface area contributed by atoms with Gasteiger partial charge >= 0.3 is 0 Å². The van der Waals surface area contributed by atoms with Crippen molar-refractivity contribution in [3.63, 3.8) is 0 Å². The van der Waals surface area contributed by atoms with E-state index in [-0.39, 0.29) is 11.8 Å². The molecule has 0 atom stereocenters. The maximum Gasteiger partial charge on any atom is 0.259 e. The second-order valence-corrected chi connectivity index (χ2v) is 7.58. The highest BCUT2D eigenvalue weighted by molar-refractivity contribution is 6.07. The average Bonchev–Trinajstić information content (AvgIpc) is 3.21. The Morgan fingerprint density at radius 1 is 0.879 bits per heavy atom. The first kappa shape index (κ1) is 21.8. The van der Waals surface area contributed by atoms with Gasteiger partial charge in [-0.3, -0.25) is 9.59 Å². The zero-order valence-electron chi connectivity index (χ0n) is 18.6. The molecule has 2 N–H and O–H groups in total. The summed E-state index contributed by atoms with van der Waals surface area (Å²) in [4.78, 5) is 25.4. The zero-order valence-corrected chi connectivity index (χ0v) is 18.6. The van der Waals surface area contributed by atoms with E-state index in [0.29, 0.717) is 28.3 Å². The van der Waals surface area contributed by atoms with Crippen LogP contribution in [0.25, 0.3) is 5.69 Å². The molecule has 0 spiro atoms. The fourth-order valence-electron chi connectivity index (χ4n) is 3.50. The van der Waals surface area contributed by atoms with E-state index < -0.39 is 0 Å². The lowest BCUT2D eigenvalue weighted by Gasteiger charge is -2.10. The minimum Gasteiger partial charge on any atom is -0.495 e. The number of nitrogens with one attached hydrogen (secondary N) is 2. The lowest BCUT2D eigenvalue weighted by Crippen LogP contribution is -2.14. The molecule has 33 heavy (non-hydrogen) atoms. The first-order valence-electron chi connectivity index (χ1n) is 10.4. The van der Waals surface area contributed by atoms with E-state index in [1.54, 1.807) is 54.4 Å². The van der Waals surface area contributed by atoms with Crippen molar-refractivity contribution < 1.29 is 14.3 Å². The van der Waals surface area contributed by atoms with Gasteiger partial charge in [0.05, 0.1) is 35.9 Å². The number of aromatic nitrogens is 2. The highest BCUT2D eigenvalue weighted by atomic mass is 16.5. The second-order valence-electron chi connectivity index (χ2n) is 7.58. The van der Waals surface area contributed by atoms with Crippen LogP contribution in [0, 0.1) is 13.8 Å². The molecule has 3 aromatic carbocycles. The summed E-state index contributed by atoms with van der Waals surface area (Å²) in [5, 5.41) is 10.1. The van der Waals surface area contributed by atoms with Crippen LogP contribution in [0.2, 0.25) is 0 Å². The molecule has 7 heteroatoms. The Kier molecular flexibility index (Phi) is 6.22. The summed E-state index contributed by atoms with van der Waals surface area (Å²) < 4.78 is 7.01. The van der Waals surface area contributed by atoms with Crippen LogP contribution in [0.4, 0.5) is 11.4 Å². The molecular weight excluding hydrogens is 416 g/mol. The van der Waals surface area contributed by atoms with Gasteiger partial charge in [-0.1, -0.05) is 24.3 Å². The van der Waals surface area contributed by atoms with Crippen molar-refractivity contribution in [1.29, 1.82) is 0 Å². The van der Waals surface area contributed by atoms with Crippen LogP contribution in [0.15, 0.2) is 79.0 Å². The van der Waals surface area contributed by atoms with Crippen molar-refractivity contribution in [3.05, 3.63) is 101 Å². The van der Waals surface area contributed by atoms with Gasteiger partial charge < -0.3 is 15.4 Å². The van der Waals surface area contributed by atoms with Gasteiger partial charge in [0.2, 0.25) is 0 Å². The van der Waals surface area contributed by atoms with Crippen molar-refractivity contribution in [1.82, 2.24) is 9.78 Å². The molecule has 0 radical (unpaired) electrons. The Morgan fingerprint density at radius 3 is 2.36 bits per heavy atom. The SMILES string of the molecule is COc1ccccc1NC(=O)c1ccc(NC(=O)c2cnn(-c3cccc(C)c3)c2C)cc1. The largest absolute Gasteiger partial charge is 0.495 e. The Morgan fingerprint density at radius 2 is 1.64 bits per heavy atom. The number of rotatable bonds is 6. The van der Waals surface area contributed by atoms with Crippen LogP contribution in [0.1, 0.15) is 32.0 Å². The highest BCUT2D eigenvalue weighted by Gasteiger charge is 2.16. The Hall–Kier alpha value is -4.39. The summed E-state index contributed by atoms with van der Waals surface area (Å²) in [6.07, 6.45) is 1.56. The molecule has 1 aromatic heterocycles. The predicted octanol–water partition coefficient (Wildman–Crippen LogP) is 5.00. The summed E-state index contributed by atoms with van der Waals surface area (Å²) in [7, 11) is 1.55. The summed E-state index contributed by atoms with van der Waals surface area (Å²) >= 11 is 0.